The summed E-state index contributed by atoms with van der Waals surface area (Å²) in [6, 6.07) is 6.62. The molecule has 1 fully saturated rings. The van der Waals surface area contributed by atoms with Crippen LogP contribution in [0.1, 0.15) is 24.0 Å². The summed E-state index contributed by atoms with van der Waals surface area (Å²) in [5.41, 5.74) is 1.17. The van der Waals surface area contributed by atoms with Gasteiger partial charge in [0.15, 0.2) is 0 Å². The number of aliphatic hydroxyl groups excluding tert-OH is 2. The molecule has 6 heteroatoms. The molecule has 1 unspecified atom stereocenters. The van der Waals surface area contributed by atoms with Gasteiger partial charge in [0.1, 0.15) is 0 Å². The summed E-state index contributed by atoms with van der Waals surface area (Å²) in [5, 5.41) is 18.6. The quantitative estimate of drug-likeness (QED) is 0.876. The van der Waals surface area contributed by atoms with E-state index in [2.05, 4.69) is 4.90 Å². The molecule has 0 aliphatic carbocycles. The minimum Gasteiger partial charge on any atom is -0.394 e. The normalized spacial score (nSPS) is 19.3. The molecule has 1 aliphatic heterocycles. The average Bonchev–Trinajstić information content (AvgIpc) is 2.46. The SMILES string of the molecule is OCC(O)C1CCN(Cc2cccc(CC(F)(F)F)c2)CC1. The molecular formula is C16H22F3NO2. The number of likely N-dealkylation sites (tertiary alicyclic amines) is 1. The van der Waals surface area contributed by atoms with Crippen molar-refractivity contribution in [1.29, 1.82) is 0 Å². The summed E-state index contributed by atoms with van der Waals surface area (Å²) >= 11 is 0. The standard InChI is InChI=1S/C16H22F3NO2/c17-16(18,19)9-12-2-1-3-13(8-12)10-20-6-4-14(5-7-20)15(22)11-21/h1-3,8,14-15,21-22H,4-7,9-11H2. The maximum atomic E-state index is 12.4. The lowest BCUT2D eigenvalue weighted by Gasteiger charge is -2.33. The molecule has 0 amide bonds. The van der Waals surface area contributed by atoms with E-state index in [1.807, 2.05) is 6.07 Å². The zero-order chi connectivity index (χ0) is 16.2. The van der Waals surface area contributed by atoms with Gasteiger partial charge in [0.05, 0.1) is 19.1 Å². The van der Waals surface area contributed by atoms with E-state index in [1.165, 1.54) is 6.07 Å². The molecule has 0 radical (unpaired) electrons. The Labute approximate surface area is 128 Å². The molecule has 0 spiro atoms. The van der Waals surface area contributed by atoms with Crippen molar-refractivity contribution in [2.45, 2.75) is 38.1 Å². The summed E-state index contributed by atoms with van der Waals surface area (Å²) in [4.78, 5) is 2.17. The Hall–Kier alpha value is -1.11. The van der Waals surface area contributed by atoms with Gasteiger partial charge in [-0.15, -0.1) is 0 Å². The van der Waals surface area contributed by atoms with Crippen molar-refractivity contribution >= 4 is 0 Å². The first-order valence-electron chi connectivity index (χ1n) is 7.53. The van der Waals surface area contributed by atoms with E-state index in [0.29, 0.717) is 6.54 Å². The molecule has 1 aliphatic rings. The van der Waals surface area contributed by atoms with Gasteiger partial charge in [-0.25, -0.2) is 0 Å². The molecule has 2 rings (SSSR count). The van der Waals surface area contributed by atoms with Crippen LogP contribution >= 0.6 is 0 Å². The fraction of sp³-hybridized carbons (Fsp3) is 0.625. The predicted molar refractivity (Wildman–Crippen MR) is 77.3 cm³/mol. The summed E-state index contributed by atoms with van der Waals surface area (Å²) in [5.74, 6) is 0.109. The van der Waals surface area contributed by atoms with Crippen LogP contribution in [0.25, 0.3) is 0 Å². The molecule has 0 aromatic heterocycles. The van der Waals surface area contributed by atoms with Gasteiger partial charge < -0.3 is 10.2 Å². The van der Waals surface area contributed by atoms with E-state index in [0.717, 1.165) is 31.5 Å². The highest BCUT2D eigenvalue weighted by molar-refractivity contribution is 5.24. The topological polar surface area (TPSA) is 43.7 Å². The second kappa shape index (κ2) is 7.44. The first-order chi connectivity index (χ1) is 10.4. The molecule has 1 heterocycles. The molecular weight excluding hydrogens is 295 g/mol. The third-order valence-corrected chi connectivity index (χ3v) is 4.17. The Morgan fingerprint density at radius 3 is 2.41 bits per heavy atom. The van der Waals surface area contributed by atoms with E-state index in [1.54, 1.807) is 12.1 Å². The molecule has 0 saturated carbocycles. The Morgan fingerprint density at radius 1 is 1.18 bits per heavy atom. The van der Waals surface area contributed by atoms with Crippen LogP contribution in [0.3, 0.4) is 0 Å². The molecule has 3 nitrogen and oxygen atoms in total. The highest BCUT2D eigenvalue weighted by atomic mass is 19.4. The molecule has 1 atom stereocenters. The molecule has 124 valence electrons. The van der Waals surface area contributed by atoms with Crippen molar-refractivity contribution in [3.05, 3.63) is 35.4 Å². The number of hydrogen-bond donors (Lipinski definition) is 2. The van der Waals surface area contributed by atoms with Gasteiger partial charge in [0.2, 0.25) is 0 Å². The fourth-order valence-corrected chi connectivity index (χ4v) is 2.97. The van der Waals surface area contributed by atoms with Crippen LogP contribution in [0.4, 0.5) is 13.2 Å². The van der Waals surface area contributed by atoms with E-state index in [4.69, 9.17) is 5.11 Å². The van der Waals surface area contributed by atoms with Crippen LogP contribution in [0.5, 0.6) is 0 Å². The molecule has 1 saturated heterocycles. The maximum absolute atomic E-state index is 12.4. The van der Waals surface area contributed by atoms with Gasteiger partial charge in [-0.05, 0) is 43.0 Å². The number of piperidine rings is 1. The van der Waals surface area contributed by atoms with E-state index in [9.17, 15) is 18.3 Å². The fourth-order valence-electron chi connectivity index (χ4n) is 2.97. The van der Waals surface area contributed by atoms with Crippen LogP contribution in [-0.4, -0.2) is 47.1 Å². The van der Waals surface area contributed by atoms with Gasteiger partial charge in [0, 0.05) is 6.54 Å². The number of hydrogen-bond acceptors (Lipinski definition) is 3. The minimum atomic E-state index is -4.18. The third kappa shape index (κ3) is 5.26. The Bertz CT molecular complexity index is 471. The second-order valence-corrected chi connectivity index (χ2v) is 5.98. The molecule has 0 bridgehead atoms. The first-order valence-corrected chi connectivity index (χ1v) is 7.53. The molecule has 22 heavy (non-hydrogen) atoms. The highest BCUT2D eigenvalue weighted by Crippen LogP contribution is 2.24. The average molecular weight is 317 g/mol. The Morgan fingerprint density at radius 2 is 1.82 bits per heavy atom. The first kappa shape index (κ1) is 17.2. The number of aliphatic hydroxyl groups is 2. The van der Waals surface area contributed by atoms with E-state index < -0.39 is 18.7 Å². The Balaban J connectivity index is 1.88. The highest BCUT2D eigenvalue weighted by Gasteiger charge is 2.28. The second-order valence-electron chi connectivity index (χ2n) is 5.98. The van der Waals surface area contributed by atoms with Crippen LogP contribution in [0.2, 0.25) is 0 Å². The van der Waals surface area contributed by atoms with Crippen LogP contribution in [0, 0.1) is 5.92 Å². The van der Waals surface area contributed by atoms with Crippen molar-refractivity contribution in [2.24, 2.45) is 5.92 Å². The smallest absolute Gasteiger partial charge is 0.393 e. The van der Waals surface area contributed by atoms with Gasteiger partial charge in [-0.1, -0.05) is 24.3 Å². The molecule has 2 N–H and O–H groups in total. The van der Waals surface area contributed by atoms with Gasteiger partial charge in [0.25, 0.3) is 0 Å². The monoisotopic (exact) mass is 317 g/mol. The molecule has 1 aromatic carbocycles. The lowest BCUT2D eigenvalue weighted by molar-refractivity contribution is -0.127. The predicted octanol–water partition coefficient (Wildman–Crippen LogP) is 2.36. The minimum absolute atomic E-state index is 0.109. The van der Waals surface area contributed by atoms with E-state index in [-0.39, 0.29) is 18.1 Å². The summed E-state index contributed by atoms with van der Waals surface area (Å²) in [7, 11) is 0. The van der Waals surface area contributed by atoms with Crippen molar-refractivity contribution in [2.75, 3.05) is 19.7 Å². The maximum Gasteiger partial charge on any atom is 0.393 e. The zero-order valence-corrected chi connectivity index (χ0v) is 12.4. The van der Waals surface area contributed by atoms with Crippen molar-refractivity contribution < 1.29 is 23.4 Å². The van der Waals surface area contributed by atoms with Gasteiger partial charge >= 0.3 is 6.18 Å². The number of benzene rings is 1. The summed E-state index contributed by atoms with van der Waals surface area (Å²) in [6.07, 6.45) is -4.16. The van der Waals surface area contributed by atoms with Crippen molar-refractivity contribution in [1.82, 2.24) is 4.90 Å². The largest absolute Gasteiger partial charge is 0.394 e. The van der Waals surface area contributed by atoms with Crippen LogP contribution in [-0.2, 0) is 13.0 Å². The van der Waals surface area contributed by atoms with Crippen molar-refractivity contribution in [3.8, 4) is 0 Å². The third-order valence-electron chi connectivity index (χ3n) is 4.17. The van der Waals surface area contributed by atoms with Crippen LogP contribution in [0.15, 0.2) is 24.3 Å². The Kier molecular flexibility index (Phi) is 5.83. The number of halogens is 3. The lowest BCUT2D eigenvalue weighted by atomic mass is 9.91. The number of nitrogens with zero attached hydrogens (tertiary/aromatic N) is 1. The zero-order valence-electron chi connectivity index (χ0n) is 12.4. The van der Waals surface area contributed by atoms with Gasteiger partial charge in [-0.2, -0.15) is 13.2 Å². The lowest BCUT2D eigenvalue weighted by Crippen LogP contribution is -2.38. The van der Waals surface area contributed by atoms with Crippen LogP contribution < -0.4 is 0 Å². The summed E-state index contributed by atoms with van der Waals surface area (Å²) < 4.78 is 37.3. The van der Waals surface area contributed by atoms with Crippen molar-refractivity contribution in [3.63, 3.8) is 0 Å². The van der Waals surface area contributed by atoms with E-state index >= 15 is 0 Å². The number of rotatable bonds is 5. The number of alkyl halides is 3. The molecule has 1 aromatic rings. The summed E-state index contributed by atoms with van der Waals surface area (Å²) in [6.45, 7) is 1.97. The van der Waals surface area contributed by atoms with Gasteiger partial charge in [-0.3, -0.25) is 4.90 Å².